The van der Waals surface area contributed by atoms with E-state index in [1.54, 1.807) is 0 Å². The molecule has 0 aromatic rings. The Bertz CT molecular complexity index is 564. The third-order valence-corrected chi connectivity index (χ3v) is 5.31. The molecule has 11 heteroatoms. The Hall–Kier alpha value is -2.08. The summed E-state index contributed by atoms with van der Waals surface area (Å²) in [6, 6.07) is 0. The maximum absolute atomic E-state index is 12.0. The van der Waals surface area contributed by atoms with Gasteiger partial charge in [0, 0.05) is 25.9 Å². The number of carbonyl (C=O) groups excluding carboxylic acids is 4. The average molecular weight is 462 g/mol. The summed E-state index contributed by atoms with van der Waals surface area (Å²) in [5.41, 5.74) is 0. The van der Waals surface area contributed by atoms with Gasteiger partial charge in [-0.25, -0.2) is 0 Å². The Morgan fingerprint density at radius 3 is 1.66 bits per heavy atom. The molecule has 0 bridgehead atoms. The molecule has 0 aliphatic carbocycles. The fraction of sp³-hybridized carbons (Fsp3) is 0.810. The van der Waals surface area contributed by atoms with Gasteiger partial charge in [-0.05, 0) is 11.8 Å². The molecule has 0 radical (unpaired) electrons. The summed E-state index contributed by atoms with van der Waals surface area (Å²) >= 11 is 0. The first-order chi connectivity index (χ1) is 14.9. The smallest absolute Gasteiger partial charge is 0.252 e. The summed E-state index contributed by atoms with van der Waals surface area (Å²) in [5, 5.41) is 47.0. The van der Waals surface area contributed by atoms with Crippen LogP contribution in [0.15, 0.2) is 0 Å². The van der Waals surface area contributed by atoms with E-state index in [-0.39, 0.29) is 18.3 Å². The van der Waals surface area contributed by atoms with Crippen molar-refractivity contribution < 1.29 is 39.6 Å². The highest BCUT2D eigenvalue weighted by Crippen LogP contribution is 2.09. The van der Waals surface area contributed by atoms with Crippen LogP contribution in [0.2, 0.25) is 0 Å². The quantitative estimate of drug-likeness (QED) is 0.141. The first-order valence-corrected chi connectivity index (χ1v) is 11.0. The zero-order chi connectivity index (χ0) is 24.8. The number of hydrogen-bond acceptors (Lipinski definition) is 8. The summed E-state index contributed by atoms with van der Waals surface area (Å²) < 4.78 is 0. The predicted octanol–water partition coefficient (Wildman–Crippen LogP) is -1.78. The van der Waals surface area contributed by atoms with E-state index >= 15 is 0 Å². The van der Waals surface area contributed by atoms with Crippen LogP contribution < -0.4 is 16.0 Å². The lowest BCUT2D eigenvalue weighted by molar-refractivity contribution is -0.154. The van der Waals surface area contributed by atoms with Gasteiger partial charge in [-0.3, -0.25) is 19.2 Å². The second-order valence-electron chi connectivity index (χ2n) is 8.19. The van der Waals surface area contributed by atoms with Crippen LogP contribution in [0.5, 0.6) is 0 Å². The van der Waals surface area contributed by atoms with Crippen LogP contribution in [0.25, 0.3) is 0 Å². The van der Waals surface area contributed by atoms with Crippen molar-refractivity contribution in [3.8, 4) is 0 Å². The number of rotatable bonds is 16. The molecule has 0 saturated carbocycles. The molecule has 0 aromatic heterocycles. The van der Waals surface area contributed by atoms with Crippen molar-refractivity contribution in [1.82, 2.24) is 16.0 Å². The number of aliphatic hydroxyl groups excluding tert-OH is 4. The molecule has 186 valence electrons. The number of hydrogen-bond donors (Lipinski definition) is 7. The van der Waals surface area contributed by atoms with Crippen LogP contribution >= 0.6 is 0 Å². The van der Waals surface area contributed by atoms with E-state index in [0.717, 1.165) is 12.8 Å². The minimum atomic E-state index is -2.19. The van der Waals surface area contributed by atoms with Gasteiger partial charge >= 0.3 is 0 Å². The minimum absolute atomic E-state index is 0.218. The van der Waals surface area contributed by atoms with Gasteiger partial charge in [-0.2, -0.15) is 0 Å². The third-order valence-electron chi connectivity index (χ3n) is 5.31. The van der Waals surface area contributed by atoms with Gasteiger partial charge in [0.15, 0.2) is 11.9 Å². The van der Waals surface area contributed by atoms with E-state index < -0.39 is 60.9 Å². The van der Waals surface area contributed by atoms with E-state index in [4.69, 9.17) is 0 Å². The molecule has 0 spiro atoms. The van der Waals surface area contributed by atoms with Gasteiger partial charge in [0.2, 0.25) is 11.8 Å². The molecule has 7 N–H and O–H groups in total. The van der Waals surface area contributed by atoms with Crippen LogP contribution in [-0.2, 0) is 19.2 Å². The second kappa shape index (κ2) is 15.7. The third kappa shape index (κ3) is 11.5. The minimum Gasteiger partial charge on any atom is -0.387 e. The highest BCUT2D eigenvalue weighted by atomic mass is 16.4. The fourth-order valence-corrected chi connectivity index (χ4v) is 2.39. The van der Waals surface area contributed by atoms with Crippen molar-refractivity contribution in [1.29, 1.82) is 0 Å². The summed E-state index contributed by atoms with van der Waals surface area (Å²) in [6.07, 6.45) is -7.51. The average Bonchev–Trinajstić information content (AvgIpc) is 2.80. The van der Waals surface area contributed by atoms with Crippen molar-refractivity contribution in [2.24, 2.45) is 11.8 Å². The fourth-order valence-electron chi connectivity index (χ4n) is 2.39. The first-order valence-electron chi connectivity index (χ1n) is 11.0. The van der Waals surface area contributed by atoms with Crippen molar-refractivity contribution >= 4 is 23.5 Å². The number of amides is 3. The lowest BCUT2D eigenvalue weighted by atomic mass is 9.97. The van der Waals surface area contributed by atoms with Crippen LogP contribution in [0.3, 0.4) is 0 Å². The lowest BCUT2D eigenvalue weighted by Gasteiger charge is -2.25. The van der Waals surface area contributed by atoms with Gasteiger partial charge < -0.3 is 36.4 Å². The number of carbonyl (C=O) groups is 4. The zero-order valence-electron chi connectivity index (χ0n) is 19.3. The van der Waals surface area contributed by atoms with Crippen LogP contribution in [0, 0.1) is 11.8 Å². The van der Waals surface area contributed by atoms with E-state index in [1.807, 2.05) is 27.7 Å². The molecule has 6 atom stereocenters. The Morgan fingerprint density at radius 2 is 1.16 bits per heavy atom. The first kappa shape index (κ1) is 29.9. The highest BCUT2D eigenvalue weighted by Gasteiger charge is 2.37. The summed E-state index contributed by atoms with van der Waals surface area (Å²) in [7, 11) is 0. The van der Waals surface area contributed by atoms with Gasteiger partial charge in [-0.1, -0.05) is 40.5 Å². The second-order valence-corrected chi connectivity index (χ2v) is 8.19. The van der Waals surface area contributed by atoms with E-state index in [1.165, 1.54) is 0 Å². The standard InChI is InChI=1S/C21H39N3O8/c1-5-12(3)9-22-15(26)8-7-14(25)17(28)18(29)19(30)20(31)21(32)24-11-16(27)23-10-13(4)6-2/h12-13,17-20,28-31H,5-11H2,1-4H3,(H,22,26)(H,23,27)(H,24,32)/t12?,13?,17-,18-,19+,20-/m1/s1. The maximum Gasteiger partial charge on any atom is 0.252 e. The molecule has 32 heavy (non-hydrogen) atoms. The van der Waals surface area contributed by atoms with Crippen molar-refractivity contribution in [2.75, 3.05) is 19.6 Å². The van der Waals surface area contributed by atoms with E-state index in [9.17, 15) is 39.6 Å². The number of ketones is 1. The van der Waals surface area contributed by atoms with Crippen LogP contribution in [0.1, 0.15) is 53.4 Å². The monoisotopic (exact) mass is 461 g/mol. The molecule has 2 unspecified atom stereocenters. The topological polar surface area (TPSA) is 185 Å². The molecular weight excluding hydrogens is 422 g/mol. The predicted molar refractivity (Wildman–Crippen MR) is 116 cm³/mol. The highest BCUT2D eigenvalue weighted by molar-refractivity contribution is 5.89. The van der Waals surface area contributed by atoms with E-state index in [0.29, 0.717) is 13.1 Å². The van der Waals surface area contributed by atoms with Crippen LogP contribution in [-0.4, -0.2) is 88.0 Å². The molecule has 3 amide bonds. The molecule has 11 nitrogen and oxygen atoms in total. The SMILES string of the molecule is CCC(C)CNC(=O)CCC(=O)[C@@H](O)[C@@H](O)[C@H](O)[C@@H](O)C(=O)NCC(=O)NCC(C)CC. The molecular formula is C21H39N3O8. The maximum atomic E-state index is 12.0. The number of aliphatic hydroxyl groups is 4. The van der Waals surface area contributed by atoms with E-state index in [2.05, 4.69) is 16.0 Å². The summed E-state index contributed by atoms with van der Waals surface area (Å²) in [5.74, 6) is -2.45. The lowest BCUT2D eigenvalue weighted by Crippen LogP contribution is -2.53. The molecule has 0 aromatic carbocycles. The molecule has 0 heterocycles. The zero-order valence-corrected chi connectivity index (χ0v) is 19.3. The number of Topliss-reactive ketones (excluding diaryl/α,β-unsaturated/α-hetero) is 1. The van der Waals surface area contributed by atoms with Gasteiger partial charge in [0.05, 0.1) is 6.54 Å². The Morgan fingerprint density at radius 1 is 0.688 bits per heavy atom. The van der Waals surface area contributed by atoms with Gasteiger partial charge in [0.1, 0.15) is 18.3 Å². The Balaban J connectivity index is 4.49. The molecule has 0 rings (SSSR count). The summed E-state index contributed by atoms with van der Waals surface area (Å²) in [4.78, 5) is 47.3. The Labute approximate surface area is 189 Å². The Kier molecular flexibility index (Phi) is 14.7. The normalized spacial score (nSPS) is 16.8. The largest absolute Gasteiger partial charge is 0.387 e. The summed E-state index contributed by atoms with van der Waals surface area (Å²) in [6.45, 7) is 8.23. The molecule has 0 fully saturated rings. The van der Waals surface area contributed by atoms with Crippen LogP contribution in [0.4, 0.5) is 0 Å². The van der Waals surface area contributed by atoms with Gasteiger partial charge in [0.25, 0.3) is 5.91 Å². The molecule has 0 saturated heterocycles. The number of nitrogens with one attached hydrogen (secondary N) is 3. The van der Waals surface area contributed by atoms with Crippen molar-refractivity contribution in [2.45, 2.75) is 77.8 Å². The van der Waals surface area contributed by atoms with Gasteiger partial charge in [-0.15, -0.1) is 0 Å². The van der Waals surface area contributed by atoms with Crippen molar-refractivity contribution in [3.05, 3.63) is 0 Å². The van der Waals surface area contributed by atoms with Crippen molar-refractivity contribution in [3.63, 3.8) is 0 Å². The molecule has 0 aliphatic heterocycles. The molecule has 0 aliphatic rings.